The van der Waals surface area contributed by atoms with E-state index < -0.39 is 29.3 Å². The lowest BCUT2D eigenvalue weighted by Crippen LogP contribution is -2.60. The van der Waals surface area contributed by atoms with Crippen LogP contribution in [0.25, 0.3) is 0 Å². The van der Waals surface area contributed by atoms with Gasteiger partial charge in [0.2, 0.25) is 11.8 Å². The van der Waals surface area contributed by atoms with Gasteiger partial charge in [0.05, 0.1) is 0 Å². The second kappa shape index (κ2) is 13.2. The van der Waals surface area contributed by atoms with Gasteiger partial charge < -0.3 is 20.3 Å². The number of carbonyl (C=O) groups is 3. The quantitative estimate of drug-likeness (QED) is 0.425. The number of rotatable bonds is 8. The van der Waals surface area contributed by atoms with E-state index in [2.05, 4.69) is 16.6 Å². The van der Waals surface area contributed by atoms with Gasteiger partial charge in [-0.3, -0.25) is 9.59 Å². The van der Waals surface area contributed by atoms with Gasteiger partial charge in [0.25, 0.3) is 0 Å². The number of terminal acetylenes is 1. The van der Waals surface area contributed by atoms with Crippen LogP contribution in [0.5, 0.6) is 0 Å². The molecule has 2 N–H and O–H groups in total. The molecule has 3 unspecified atom stereocenters. The predicted octanol–water partition coefficient (Wildman–Crippen LogP) is 5.72. The SMILES string of the molecule is C#Cc1ccccc1C(C(=O)NC1CCCCC1)N(C(=O)C(NC(=O)OC(C)(C)C)C(C)CC)C(C)(C)C. The van der Waals surface area contributed by atoms with Crippen molar-refractivity contribution in [3.63, 3.8) is 0 Å². The van der Waals surface area contributed by atoms with Crippen molar-refractivity contribution >= 4 is 17.9 Å². The van der Waals surface area contributed by atoms with Crippen LogP contribution in [0.2, 0.25) is 0 Å². The van der Waals surface area contributed by atoms with Crippen LogP contribution in [0.4, 0.5) is 4.79 Å². The Bertz CT molecular complexity index is 1010. The highest BCUT2D eigenvalue weighted by Gasteiger charge is 2.44. The highest BCUT2D eigenvalue weighted by molar-refractivity contribution is 5.93. The summed E-state index contributed by atoms with van der Waals surface area (Å²) in [6.45, 7) is 14.9. The number of ether oxygens (including phenoxy) is 1. The van der Waals surface area contributed by atoms with Crippen molar-refractivity contribution in [3.05, 3.63) is 35.4 Å². The Kier molecular flexibility index (Phi) is 10.8. The fourth-order valence-corrected chi connectivity index (χ4v) is 4.90. The zero-order valence-corrected chi connectivity index (χ0v) is 24.5. The van der Waals surface area contributed by atoms with E-state index in [0.717, 1.165) is 32.1 Å². The van der Waals surface area contributed by atoms with Gasteiger partial charge in [0.15, 0.2) is 0 Å². The minimum atomic E-state index is -0.969. The molecular weight excluding hydrogens is 478 g/mol. The molecule has 7 heteroatoms. The number of alkyl carbamates (subject to hydrolysis) is 1. The molecule has 0 spiro atoms. The third-order valence-corrected chi connectivity index (χ3v) is 6.98. The summed E-state index contributed by atoms with van der Waals surface area (Å²) < 4.78 is 5.48. The number of carbonyl (C=O) groups excluding carboxylic acids is 3. The van der Waals surface area contributed by atoms with Gasteiger partial charge in [-0.05, 0) is 71.9 Å². The molecule has 1 aliphatic carbocycles. The highest BCUT2D eigenvalue weighted by atomic mass is 16.6. The van der Waals surface area contributed by atoms with Crippen LogP contribution in [-0.2, 0) is 14.3 Å². The molecule has 3 atom stereocenters. The van der Waals surface area contributed by atoms with Crippen LogP contribution in [0.1, 0.15) is 111 Å². The summed E-state index contributed by atoms with van der Waals surface area (Å²) in [6.07, 6.45) is 10.9. The minimum Gasteiger partial charge on any atom is -0.444 e. The Morgan fingerprint density at radius 3 is 2.21 bits per heavy atom. The number of nitrogens with one attached hydrogen (secondary N) is 2. The average Bonchev–Trinajstić information content (AvgIpc) is 2.83. The number of nitrogens with zero attached hydrogens (tertiary/aromatic N) is 1. The zero-order chi connectivity index (χ0) is 28.7. The van der Waals surface area contributed by atoms with Gasteiger partial charge >= 0.3 is 6.09 Å². The molecule has 3 amide bonds. The van der Waals surface area contributed by atoms with Crippen LogP contribution < -0.4 is 10.6 Å². The van der Waals surface area contributed by atoms with E-state index in [0.29, 0.717) is 17.5 Å². The van der Waals surface area contributed by atoms with E-state index >= 15 is 0 Å². The van der Waals surface area contributed by atoms with Gasteiger partial charge in [-0.2, -0.15) is 0 Å². The van der Waals surface area contributed by atoms with E-state index in [4.69, 9.17) is 11.2 Å². The van der Waals surface area contributed by atoms with Gasteiger partial charge in [0.1, 0.15) is 17.7 Å². The van der Waals surface area contributed by atoms with Crippen LogP contribution >= 0.6 is 0 Å². The second-order valence-corrected chi connectivity index (χ2v) is 12.4. The standard InChI is InChI=1S/C31H47N3O4/c1-10-21(3)25(33-29(37)38-31(7,8)9)28(36)34(30(4,5)6)26(24-20-16-15-17-22(24)11-2)27(35)32-23-18-13-12-14-19-23/h2,15-17,20-21,23,25-26H,10,12-14,18-19H2,1,3-9H3,(H,32,35)(H,33,37). The molecule has 210 valence electrons. The van der Waals surface area contributed by atoms with Crippen molar-refractivity contribution in [1.29, 1.82) is 0 Å². The van der Waals surface area contributed by atoms with E-state index in [-0.39, 0.29) is 23.8 Å². The molecule has 1 saturated carbocycles. The number of hydrogen-bond donors (Lipinski definition) is 2. The maximum absolute atomic E-state index is 14.4. The first kappa shape index (κ1) is 31.2. The summed E-state index contributed by atoms with van der Waals surface area (Å²) in [5, 5.41) is 6.02. The molecule has 7 nitrogen and oxygen atoms in total. The van der Waals surface area contributed by atoms with E-state index in [1.54, 1.807) is 31.7 Å². The molecular formula is C31H47N3O4. The molecule has 1 aromatic carbocycles. The van der Waals surface area contributed by atoms with Crippen molar-refractivity contribution in [2.24, 2.45) is 5.92 Å². The third-order valence-electron chi connectivity index (χ3n) is 6.98. The molecule has 0 radical (unpaired) electrons. The number of benzene rings is 1. The maximum Gasteiger partial charge on any atom is 0.408 e. The van der Waals surface area contributed by atoms with Crippen molar-refractivity contribution in [2.75, 3.05) is 0 Å². The molecule has 1 aliphatic rings. The molecule has 1 fully saturated rings. The molecule has 2 rings (SSSR count). The average molecular weight is 526 g/mol. The molecule has 0 heterocycles. The summed E-state index contributed by atoms with van der Waals surface area (Å²) in [6, 6.07) is 5.44. The van der Waals surface area contributed by atoms with Crippen LogP contribution in [0.15, 0.2) is 24.3 Å². The monoisotopic (exact) mass is 525 g/mol. The van der Waals surface area contributed by atoms with Crippen molar-refractivity contribution in [2.45, 2.75) is 123 Å². The summed E-state index contributed by atoms with van der Waals surface area (Å²) in [7, 11) is 0. The first-order valence-electron chi connectivity index (χ1n) is 13.9. The third kappa shape index (κ3) is 8.51. The predicted molar refractivity (Wildman–Crippen MR) is 151 cm³/mol. The van der Waals surface area contributed by atoms with Gasteiger partial charge in [-0.15, -0.1) is 6.42 Å². The highest BCUT2D eigenvalue weighted by Crippen LogP contribution is 2.33. The minimum absolute atomic E-state index is 0.0546. The van der Waals surface area contributed by atoms with Gasteiger partial charge in [-0.25, -0.2) is 4.79 Å². The molecule has 38 heavy (non-hydrogen) atoms. The maximum atomic E-state index is 14.4. The normalized spacial score (nSPS) is 16.9. The van der Waals surface area contributed by atoms with Crippen LogP contribution in [0, 0.1) is 18.3 Å². The Morgan fingerprint density at radius 2 is 1.68 bits per heavy atom. The number of hydrogen-bond acceptors (Lipinski definition) is 4. The molecule has 0 aliphatic heterocycles. The van der Waals surface area contributed by atoms with Crippen LogP contribution in [0.3, 0.4) is 0 Å². The Hall–Kier alpha value is -3.01. The van der Waals surface area contributed by atoms with Crippen LogP contribution in [-0.4, -0.2) is 46.0 Å². The molecule has 0 aromatic heterocycles. The van der Waals surface area contributed by atoms with Gasteiger partial charge in [0, 0.05) is 17.1 Å². The largest absolute Gasteiger partial charge is 0.444 e. The lowest BCUT2D eigenvalue weighted by molar-refractivity contribution is -0.149. The van der Waals surface area contributed by atoms with E-state index in [1.807, 2.05) is 52.8 Å². The Balaban J connectivity index is 2.60. The van der Waals surface area contributed by atoms with Crippen molar-refractivity contribution in [1.82, 2.24) is 15.5 Å². The summed E-state index contributed by atoms with van der Waals surface area (Å²) in [5.41, 5.74) is -0.343. The Morgan fingerprint density at radius 1 is 1.08 bits per heavy atom. The molecule has 1 aromatic rings. The second-order valence-electron chi connectivity index (χ2n) is 12.4. The molecule has 0 bridgehead atoms. The van der Waals surface area contributed by atoms with Crippen molar-refractivity contribution in [3.8, 4) is 12.3 Å². The first-order chi connectivity index (χ1) is 17.7. The van der Waals surface area contributed by atoms with Gasteiger partial charge in [-0.1, -0.05) is 63.7 Å². The number of amides is 3. The summed E-state index contributed by atoms with van der Waals surface area (Å²) in [5.74, 6) is 1.87. The smallest absolute Gasteiger partial charge is 0.408 e. The Labute approximate surface area is 229 Å². The van der Waals surface area contributed by atoms with E-state index in [1.165, 1.54) is 0 Å². The fourth-order valence-electron chi connectivity index (χ4n) is 4.90. The summed E-state index contributed by atoms with van der Waals surface area (Å²) in [4.78, 5) is 42.9. The molecule has 0 saturated heterocycles. The summed E-state index contributed by atoms with van der Waals surface area (Å²) >= 11 is 0. The topological polar surface area (TPSA) is 87.7 Å². The lowest BCUT2D eigenvalue weighted by Gasteiger charge is -2.44. The fraction of sp³-hybridized carbons (Fsp3) is 0.645. The first-order valence-corrected chi connectivity index (χ1v) is 13.9. The van der Waals surface area contributed by atoms with E-state index in [9.17, 15) is 14.4 Å². The lowest BCUT2D eigenvalue weighted by atomic mass is 9.89. The van der Waals surface area contributed by atoms with Crippen molar-refractivity contribution < 1.29 is 19.1 Å². The zero-order valence-electron chi connectivity index (χ0n) is 24.5.